The minimum Gasteiger partial charge on any atom is -0.381 e. The van der Waals surface area contributed by atoms with E-state index in [1.807, 2.05) is 65.0 Å². The maximum atomic E-state index is 12.5. The summed E-state index contributed by atoms with van der Waals surface area (Å²) in [5.74, 6) is 0.281. The average molecular weight is 495 g/mol. The lowest BCUT2D eigenvalue weighted by atomic mass is 10.0. The number of benzene rings is 1. The van der Waals surface area contributed by atoms with Gasteiger partial charge in [-0.25, -0.2) is 0 Å². The summed E-state index contributed by atoms with van der Waals surface area (Å²) in [7, 11) is 0. The molecule has 1 rings (SSSR count). The van der Waals surface area contributed by atoms with E-state index in [0.29, 0.717) is 23.7 Å². The molecule has 0 heterocycles. The second kappa shape index (κ2) is 17.9. The molecular formula is C31H50N4O. The molecule has 1 aromatic rings. The molecule has 0 bridgehead atoms. The summed E-state index contributed by atoms with van der Waals surface area (Å²) in [5.41, 5.74) is 5.64. The van der Waals surface area contributed by atoms with Gasteiger partial charge >= 0.3 is 0 Å². The molecule has 5 nitrogen and oxygen atoms in total. The van der Waals surface area contributed by atoms with Crippen LogP contribution in [0.25, 0.3) is 0 Å². The Hall–Kier alpha value is -3.47. The maximum absolute atomic E-state index is 12.5. The molecule has 0 saturated carbocycles. The van der Waals surface area contributed by atoms with Crippen LogP contribution in [0.5, 0.6) is 0 Å². The minimum absolute atomic E-state index is 0. The fourth-order valence-electron chi connectivity index (χ4n) is 3.04. The first-order valence-corrected chi connectivity index (χ1v) is 12.7. The number of rotatable bonds is 13. The standard InChI is InChI=1S/C29H40N4O.C2H6.2H2/c1-10-30-19-28(21(4)5)31-18-24(8)32-25(9)26-12-11-13-27(17-26)33-29(34)23(7)15-14-22(6)16-20(2)3;1-2;;/h11-15,17-20,25,32H,4,6-7,10,16H2,1-3,5,8-9H3,(H,33,34);1-2H3;2*1H/b15-14-,24-18+,30-19?,31-28?;;;/t25-;;;/m0.../s1. The molecule has 0 saturated heterocycles. The Labute approximate surface area is 222 Å². The van der Waals surface area contributed by atoms with Gasteiger partial charge in [0.15, 0.2) is 0 Å². The molecule has 1 amide bonds. The number of anilines is 1. The van der Waals surface area contributed by atoms with Crippen LogP contribution < -0.4 is 10.6 Å². The van der Waals surface area contributed by atoms with Crippen LogP contribution in [-0.4, -0.2) is 24.4 Å². The van der Waals surface area contributed by atoms with Gasteiger partial charge in [-0.15, -0.1) is 0 Å². The number of carbonyl (C=O) groups excluding carboxylic acids is 1. The molecule has 0 aliphatic carbocycles. The summed E-state index contributed by atoms with van der Waals surface area (Å²) >= 11 is 0. The molecule has 1 aromatic carbocycles. The first-order chi connectivity index (χ1) is 17.0. The van der Waals surface area contributed by atoms with Crippen molar-refractivity contribution in [3.63, 3.8) is 0 Å². The first kappa shape index (κ1) is 32.5. The van der Waals surface area contributed by atoms with Gasteiger partial charge in [0, 0.05) is 44.8 Å². The lowest BCUT2D eigenvalue weighted by Gasteiger charge is -2.17. The van der Waals surface area contributed by atoms with E-state index in [1.54, 1.807) is 18.5 Å². The van der Waals surface area contributed by atoms with Crippen molar-refractivity contribution in [2.45, 2.75) is 67.9 Å². The van der Waals surface area contributed by atoms with Crippen molar-refractivity contribution in [3.8, 4) is 0 Å². The van der Waals surface area contributed by atoms with Crippen molar-refractivity contribution in [2.24, 2.45) is 15.9 Å². The zero-order chi connectivity index (χ0) is 27.7. The van der Waals surface area contributed by atoms with Crippen molar-refractivity contribution < 1.29 is 7.65 Å². The molecule has 0 spiro atoms. The van der Waals surface area contributed by atoms with Crippen LogP contribution in [0, 0.1) is 5.92 Å². The number of nitrogens with one attached hydrogen (secondary N) is 2. The van der Waals surface area contributed by atoms with E-state index in [2.05, 4.69) is 61.1 Å². The highest BCUT2D eigenvalue weighted by molar-refractivity contribution is 6.37. The predicted molar refractivity (Wildman–Crippen MR) is 164 cm³/mol. The molecule has 5 heteroatoms. The Balaban J connectivity index is -0.00000298. The van der Waals surface area contributed by atoms with Gasteiger partial charge in [-0.1, -0.05) is 71.2 Å². The van der Waals surface area contributed by atoms with Gasteiger partial charge in [0.05, 0.1) is 5.71 Å². The lowest BCUT2D eigenvalue weighted by molar-refractivity contribution is -0.112. The quantitative estimate of drug-likeness (QED) is 0.164. The normalized spacial score (nSPS) is 12.8. The largest absolute Gasteiger partial charge is 0.381 e. The Kier molecular flexibility index (Phi) is 16.2. The van der Waals surface area contributed by atoms with Crippen LogP contribution in [0.2, 0.25) is 0 Å². The molecule has 0 fully saturated rings. The van der Waals surface area contributed by atoms with E-state index in [4.69, 9.17) is 0 Å². The van der Waals surface area contributed by atoms with Crippen molar-refractivity contribution in [3.05, 3.63) is 90.3 Å². The van der Waals surface area contributed by atoms with Crippen LogP contribution in [0.4, 0.5) is 5.69 Å². The molecule has 1 atom stereocenters. The number of aliphatic imine (C=N–C) groups is 2. The van der Waals surface area contributed by atoms with Crippen molar-refractivity contribution in [2.75, 3.05) is 11.9 Å². The van der Waals surface area contributed by atoms with Crippen LogP contribution in [0.3, 0.4) is 0 Å². The number of nitrogens with zero attached hydrogens (tertiary/aromatic N) is 2. The van der Waals surface area contributed by atoms with Gasteiger partial charge in [0.1, 0.15) is 0 Å². The highest BCUT2D eigenvalue weighted by Crippen LogP contribution is 2.19. The van der Waals surface area contributed by atoms with Crippen LogP contribution in [0.1, 0.15) is 76.3 Å². The molecule has 36 heavy (non-hydrogen) atoms. The third kappa shape index (κ3) is 13.4. The second-order valence-electron chi connectivity index (χ2n) is 8.80. The number of amides is 1. The van der Waals surface area contributed by atoms with Crippen molar-refractivity contribution >= 4 is 23.5 Å². The summed E-state index contributed by atoms with van der Waals surface area (Å²) in [6.45, 7) is 28.7. The summed E-state index contributed by atoms with van der Waals surface area (Å²) in [4.78, 5) is 21.3. The van der Waals surface area contributed by atoms with Crippen molar-refractivity contribution in [1.29, 1.82) is 0 Å². The van der Waals surface area contributed by atoms with Crippen LogP contribution in [-0.2, 0) is 4.79 Å². The minimum atomic E-state index is -0.238. The molecule has 200 valence electrons. The highest BCUT2D eigenvalue weighted by Gasteiger charge is 2.09. The van der Waals surface area contributed by atoms with Crippen LogP contribution in [0.15, 0.2) is 94.8 Å². The zero-order valence-corrected chi connectivity index (χ0v) is 23.6. The lowest BCUT2D eigenvalue weighted by Crippen LogP contribution is -2.17. The fourth-order valence-corrected chi connectivity index (χ4v) is 3.04. The fraction of sp³-hybridized carbons (Fsp3) is 0.387. The summed E-state index contributed by atoms with van der Waals surface area (Å²) < 4.78 is 0. The number of hydrogen-bond acceptors (Lipinski definition) is 4. The third-order valence-corrected chi connectivity index (χ3v) is 4.80. The summed E-state index contributed by atoms with van der Waals surface area (Å²) in [6, 6.07) is 7.77. The Morgan fingerprint density at radius 3 is 2.36 bits per heavy atom. The molecule has 0 unspecified atom stereocenters. The van der Waals surface area contributed by atoms with Gasteiger partial charge in [0.2, 0.25) is 0 Å². The van der Waals surface area contributed by atoms with Gasteiger partial charge in [0.25, 0.3) is 5.91 Å². The summed E-state index contributed by atoms with van der Waals surface area (Å²) in [6.07, 6.45) is 7.98. The van der Waals surface area contributed by atoms with Gasteiger partial charge in [-0.2, -0.15) is 0 Å². The SMILES string of the molecule is C=C(/C=C\C(=C)C(=O)Nc1cccc([C@H](C)N/C(C)=C/N=C(C=NCC)C(=C)C)c1)CC(C)C.CC.[HH].[HH]. The summed E-state index contributed by atoms with van der Waals surface area (Å²) in [5, 5.41) is 6.35. The van der Waals surface area contributed by atoms with E-state index in [-0.39, 0.29) is 14.8 Å². The molecular weight excluding hydrogens is 444 g/mol. The third-order valence-electron chi connectivity index (χ3n) is 4.80. The number of allylic oxidation sites excluding steroid dienone is 4. The Bertz CT molecular complexity index is 1020. The average Bonchev–Trinajstić information content (AvgIpc) is 2.83. The van der Waals surface area contributed by atoms with E-state index in [9.17, 15) is 4.79 Å². The molecule has 0 aromatic heterocycles. The van der Waals surface area contributed by atoms with E-state index in [0.717, 1.165) is 34.5 Å². The first-order valence-electron chi connectivity index (χ1n) is 12.7. The van der Waals surface area contributed by atoms with Gasteiger partial charge in [-0.3, -0.25) is 14.8 Å². The van der Waals surface area contributed by atoms with E-state index < -0.39 is 0 Å². The molecule has 0 aliphatic heterocycles. The molecule has 2 N–H and O–H groups in total. The number of hydrogen-bond donors (Lipinski definition) is 2. The predicted octanol–water partition coefficient (Wildman–Crippen LogP) is 8.48. The monoisotopic (exact) mass is 494 g/mol. The Morgan fingerprint density at radius 2 is 1.78 bits per heavy atom. The van der Waals surface area contributed by atoms with Gasteiger partial charge < -0.3 is 10.6 Å². The Morgan fingerprint density at radius 1 is 1.11 bits per heavy atom. The molecule has 0 radical (unpaired) electrons. The van der Waals surface area contributed by atoms with Crippen molar-refractivity contribution in [1.82, 2.24) is 5.32 Å². The second-order valence-corrected chi connectivity index (χ2v) is 8.80. The zero-order valence-electron chi connectivity index (χ0n) is 23.6. The number of carbonyl (C=O) groups is 1. The van der Waals surface area contributed by atoms with E-state index >= 15 is 0 Å². The highest BCUT2D eigenvalue weighted by atomic mass is 16.1. The van der Waals surface area contributed by atoms with Crippen LogP contribution >= 0.6 is 0 Å². The van der Waals surface area contributed by atoms with E-state index in [1.165, 1.54) is 0 Å². The topological polar surface area (TPSA) is 65.8 Å². The maximum Gasteiger partial charge on any atom is 0.255 e. The smallest absolute Gasteiger partial charge is 0.255 e. The van der Waals surface area contributed by atoms with Gasteiger partial charge in [-0.05, 0) is 69.4 Å². The molecule has 0 aliphatic rings.